The van der Waals surface area contributed by atoms with Gasteiger partial charge >= 0.3 is 0 Å². The van der Waals surface area contributed by atoms with Gasteiger partial charge in [0.15, 0.2) is 23.3 Å². The van der Waals surface area contributed by atoms with Crippen molar-refractivity contribution in [3.05, 3.63) is 170 Å². The van der Waals surface area contributed by atoms with Crippen LogP contribution in [0.4, 0.5) is 0 Å². The Bertz CT molecular complexity index is 2930. The summed E-state index contributed by atoms with van der Waals surface area (Å²) in [6, 6.07) is 54.0. The van der Waals surface area contributed by atoms with Crippen molar-refractivity contribution in [3.8, 4) is 67.8 Å². The minimum Gasteiger partial charge on any atom is -0.245 e. The average Bonchev–Trinajstić information content (AvgIpc) is 3.61. The molecular formula is C46H28N6S. The average molecular weight is 697 g/mol. The minimum atomic E-state index is 0.614. The van der Waals surface area contributed by atoms with E-state index in [1.165, 1.54) is 16.3 Å². The molecule has 6 aromatic carbocycles. The molecule has 0 aliphatic heterocycles. The van der Waals surface area contributed by atoms with E-state index in [2.05, 4.69) is 121 Å². The van der Waals surface area contributed by atoms with Gasteiger partial charge in [-0.15, -0.1) is 11.3 Å². The van der Waals surface area contributed by atoms with Crippen LogP contribution in [0.3, 0.4) is 0 Å². The van der Waals surface area contributed by atoms with Crippen molar-refractivity contribution in [1.82, 2.24) is 29.9 Å². The van der Waals surface area contributed by atoms with E-state index < -0.39 is 0 Å². The molecule has 0 bridgehead atoms. The fourth-order valence-electron chi connectivity index (χ4n) is 6.68. The normalized spacial score (nSPS) is 11.4. The van der Waals surface area contributed by atoms with Crippen molar-refractivity contribution >= 4 is 42.5 Å². The first kappa shape index (κ1) is 30.8. The lowest BCUT2D eigenvalue weighted by molar-refractivity contribution is 1.07. The molecule has 248 valence electrons. The number of benzene rings is 6. The smallest absolute Gasteiger partial charge is 0.164 e. The summed E-state index contributed by atoms with van der Waals surface area (Å²) >= 11 is 1.61. The van der Waals surface area contributed by atoms with Crippen LogP contribution in [-0.4, -0.2) is 29.9 Å². The van der Waals surface area contributed by atoms with Gasteiger partial charge in [-0.2, -0.15) is 0 Å². The van der Waals surface area contributed by atoms with Gasteiger partial charge < -0.3 is 0 Å². The first-order valence-electron chi connectivity index (χ1n) is 17.3. The van der Waals surface area contributed by atoms with E-state index in [1.807, 2.05) is 48.8 Å². The SMILES string of the molecule is c1ccc(-c2ccc(-c3nc(-c4ccccc4)nc(-c4ccc(-c5cnc6sc7cnc(-c8ccc9ccccc9c8)nc7c6c5)cc4)n3)cc2)cc1. The molecule has 10 aromatic rings. The lowest BCUT2D eigenvalue weighted by atomic mass is 10.0. The van der Waals surface area contributed by atoms with Crippen LogP contribution in [0.2, 0.25) is 0 Å². The molecule has 53 heavy (non-hydrogen) atoms. The van der Waals surface area contributed by atoms with Gasteiger partial charge in [0.2, 0.25) is 0 Å². The lowest BCUT2D eigenvalue weighted by Gasteiger charge is -2.10. The molecule has 4 heterocycles. The molecule has 6 nitrogen and oxygen atoms in total. The predicted molar refractivity (Wildman–Crippen MR) is 216 cm³/mol. The van der Waals surface area contributed by atoms with E-state index in [1.54, 1.807) is 11.3 Å². The maximum Gasteiger partial charge on any atom is 0.164 e. The number of thiophene rings is 1. The summed E-state index contributed by atoms with van der Waals surface area (Å²) in [7, 11) is 0. The van der Waals surface area contributed by atoms with Gasteiger partial charge in [-0.3, -0.25) is 0 Å². The first-order valence-corrected chi connectivity index (χ1v) is 18.2. The Morgan fingerprint density at radius 1 is 0.340 bits per heavy atom. The Hall–Kier alpha value is -6.96. The molecule has 0 radical (unpaired) electrons. The number of pyridine rings is 1. The lowest BCUT2D eigenvalue weighted by Crippen LogP contribution is -2.00. The summed E-state index contributed by atoms with van der Waals surface area (Å²) in [6.07, 6.45) is 3.84. The molecule has 0 amide bonds. The third kappa shape index (κ3) is 5.89. The molecular weight excluding hydrogens is 669 g/mol. The topological polar surface area (TPSA) is 77.3 Å². The highest BCUT2D eigenvalue weighted by molar-refractivity contribution is 7.25. The quantitative estimate of drug-likeness (QED) is 0.172. The molecule has 0 saturated heterocycles. The van der Waals surface area contributed by atoms with Crippen molar-refractivity contribution in [2.24, 2.45) is 0 Å². The molecule has 0 N–H and O–H groups in total. The molecule has 0 saturated carbocycles. The summed E-state index contributed by atoms with van der Waals surface area (Å²) in [4.78, 5) is 30.4. The largest absolute Gasteiger partial charge is 0.245 e. The van der Waals surface area contributed by atoms with Crippen LogP contribution < -0.4 is 0 Å². The molecule has 7 heteroatoms. The van der Waals surface area contributed by atoms with Gasteiger partial charge in [-0.1, -0.05) is 146 Å². The molecule has 10 rings (SSSR count). The summed E-state index contributed by atoms with van der Waals surface area (Å²) in [5.41, 5.74) is 9.03. The third-order valence-corrected chi connectivity index (χ3v) is 10.5. The Kier molecular flexibility index (Phi) is 7.55. The highest BCUT2D eigenvalue weighted by Crippen LogP contribution is 2.36. The molecule has 0 aliphatic rings. The van der Waals surface area contributed by atoms with Gasteiger partial charge in [0.25, 0.3) is 0 Å². The molecule has 0 aliphatic carbocycles. The fourth-order valence-corrected chi connectivity index (χ4v) is 7.61. The number of rotatable bonds is 6. The Morgan fingerprint density at radius 3 is 1.51 bits per heavy atom. The fraction of sp³-hybridized carbons (Fsp3) is 0. The summed E-state index contributed by atoms with van der Waals surface area (Å²) in [6.45, 7) is 0. The maximum atomic E-state index is 5.05. The number of nitrogens with zero attached hydrogens (tertiary/aromatic N) is 6. The highest BCUT2D eigenvalue weighted by Gasteiger charge is 2.15. The second-order valence-corrected chi connectivity index (χ2v) is 13.9. The van der Waals surface area contributed by atoms with Crippen molar-refractivity contribution in [2.75, 3.05) is 0 Å². The Morgan fingerprint density at radius 2 is 0.849 bits per heavy atom. The summed E-state index contributed by atoms with van der Waals surface area (Å²) < 4.78 is 1.01. The molecule has 0 atom stereocenters. The van der Waals surface area contributed by atoms with Gasteiger partial charge in [-0.05, 0) is 39.6 Å². The van der Waals surface area contributed by atoms with Crippen LogP contribution in [-0.2, 0) is 0 Å². The number of hydrogen-bond donors (Lipinski definition) is 0. The maximum absolute atomic E-state index is 5.05. The number of aromatic nitrogens is 6. The minimum absolute atomic E-state index is 0.614. The zero-order valence-electron chi connectivity index (χ0n) is 28.3. The Labute approximate surface area is 309 Å². The highest BCUT2D eigenvalue weighted by atomic mass is 32.1. The zero-order chi connectivity index (χ0) is 35.1. The predicted octanol–water partition coefficient (Wildman–Crippen LogP) is 11.6. The van der Waals surface area contributed by atoms with E-state index in [0.717, 1.165) is 59.4 Å². The molecule has 0 fully saturated rings. The van der Waals surface area contributed by atoms with Crippen LogP contribution in [0.15, 0.2) is 170 Å². The standard InChI is InChI=1S/C46H28N6S/c1-3-9-29(10-4-1)31-15-20-34(21-16-31)44-50-43(33-12-5-2-6-13-33)51-45(52-44)35-22-17-32(18-23-35)38-26-39-41-40(53-46(39)48-27-38)28-47-42(49-41)37-24-19-30-11-7-8-14-36(30)25-37/h1-28H. The van der Waals surface area contributed by atoms with Crippen molar-refractivity contribution in [3.63, 3.8) is 0 Å². The van der Waals surface area contributed by atoms with E-state index in [0.29, 0.717) is 23.3 Å². The van der Waals surface area contributed by atoms with E-state index >= 15 is 0 Å². The first-order chi connectivity index (χ1) is 26.2. The zero-order valence-corrected chi connectivity index (χ0v) is 29.1. The van der Waals surface area contributed by atoms with Crippen LogP contribution in [0, 0.1) is 0 Å². The Balaban J connectivity index is 0.998. The van der Waals surface area contributed by atoms with Gasteiger partial charge in [0.1, 0.15) is 4.83 Å². The monoisotopic (exact) mass is 696 g/mol. The molecule has 0 spiro atoms. The van der Waals surface area contributed by atoms with Crippen molar-refractivity contribution in [2.45, 2.75) is 0 Å². The summed E-state index contributed by atoms with van der Waals surface area (Å²) in [5, 5.41) is 3.38. The number of fused-ring (bicyclic) bond motifs is 4. The van der Waals surface area contributed by atoms with Crippen LogP contribution in [0.5, 0.6) is 0 Å². The van der Waals surface area contributed by atoms with Crippen LogP contribution >= 0.6 is 11.3 Å². The van der Waals surface area contributed by atoms with Crippen LogP contribution in [0.1, 0.15) is 0 Å². The van der Waals surface area contributed by atoms with E-state index in [9.17, 15) is 0 Å². The van der Waals surface area contributed by atoms with Crippen molar-refractivity contribution in [1.29, 1.82) is 0 Å². The number of hydrogen-bond acceptors (Lipinski definition) is 7. The van der Waals surface area contributed by atoms with Gasteiger partial charge in [0, 0.05) is 45.6 Å². The molecule has 4 aromatic heterocycles. The molecule has 0 unspecified atom stereocenters. The van der Waals surface area contributed by atoms with Gasteiger partial charge in [0.05, 0.1) is 10.2 Å². The third-order valence-electron chi connectivity index (χ3n) is 9.47. The van der Waals surface area contributed by atoms with E-state index in [4.69, 9.17) is 29.9 Å². The van der Waals surface area contributed by atoms with E-state index in [-0.39, 0.29) is 0 Å². The summed E-state index contributed by atoms with van der Waals surface area (Å²) in [5.74, 6) is 2.58. The van der Waals surface area contributed by atoms with Crippen molar-refractivity contribution < 1.29 is 0 Å². The van der Waals surface area contributed by atoms with Gasteiger partial charge in [-0.25, -0.2) is 29.9 Å². The second kappa shape index (κ2) is 13.0. The second-order valence-electron chi connectivity index (χ2n) is 12.8. The van der Waals surface area contributed by atoms with Crippen LogP contribution in [0.25, 0.3) is 99.0 Å².